The molecule has 0 saturated heterocycles. The maximum absolute atomic E-state index is 13.2. The number of nitrogens with two attached hydrogens (primary N) is 1. The molecule has 0 aliphatic heterocycles. The highest BCUT2D eigenvalue weighted by atomic mass is 79.9. The standard InChI is InChI=1S/C12H10BrFN2O/c13-9-4-8(5-10(14)6-9)7-16-3-1-2-11(15)12(16)17/h1-6H,7,15H2. The van der Waals surface area contributed by atoms with Crippen LogP contribution in [-0.2, 0) is 6.54 Å². The minimum atomic E-state index is -0.341. The van der Waals surface area contributed by atoms with Crippen LogP contribution in [0.2, 0.25) is 0 Å². The lowest BCUT2D eigenvalue weighted by molar-refractivity contribution is 0.622. The summed E-state index contributed by atoms with van der Waals surface area (Å²) in [6.07, 6.45) is 1.62. The summed E-state index contributed by atoms with van der Waals surface area (Å²) in [5.74, 6) is -0.341. The fourth-order valence-corrected chi connectivity index (χ4v) is 2.09. The van der Waals surface area contributed by atoms with E-state index in [1.807, 2.05) is 0 Å². The van der Waals surface area contributed by atoms with E-state index in [1.54, 1.807) is 24.4 Å². The van der Waals surface area contributed by atoms with Crippen LogP contribution in [0.5, 0.6) is 0 Å². The molecule has 3 nitrogen and oxygen atoms in total. The van der Waals surface area contributed by atoms with Gasteiger partial charge in [0, 0.05) is 10.7 Å². The molecule has 1 aromatic carbocycles. The second-order valence-corrected chi connectivity index (χ2v) is 4.59. The van der Waals surface area contributed by atoms with Crippen molar-refractivity contribution in [1.29, 1.82) is 0 Å². The van der Waals surface area contributed by atoms with Gasteiger partial charge < -0.3 is 10.3 Å². The van der Waals surface area contributed by atoms with Gasteiger partial charge in [0.25, 0.3) is 5.56 Å². The van der Waals surface area contributed by atoms with Gasteiger partial charge in [0.2, 0.25) is 0 Å². The molecule has 1 heterocycles. The van der Waals surface area contributed by atoms with E-state index in [1.165, 1.54) is 16.7 Å². The first-order chi connectivity index (χ1) is 8.06. The Bertz CT molecular complexity index is 589. The second kappa shape index (κ2) is 4.71. The van der Waals surface area contributed by atoms with Gasteiger partial charge in [-0.1, -0.05) is 15.9 Å². The molecule has 0 spiro atoms. The average molecular weight is 297 g/mol. The fraction of sp³-hybridized carbons (Fsp3) is 0.0833. The molecule has 0 aliphatic carbocycles. The quantitative estimate of drug-likeness (QED) is 0.925. The van der Waals surface area contributed by atoms with Crippen molar-refractivity contribution in [3.63, 3.8) is 0 Å². The molecule has 17 heavy (non-hydrogen) atoms. The minimum absolute atomic E-state index is 0.183. The zero-order chi connectivity index (χ0) is 12.4. The summed E-state index contributed by atoms with van der Waals surface area (Å²) < 4.78 is 15.3. The normalized spacial score (nSPS) is 10.5. The van der Waals surface area contributed by atoms with Crippen molar-refractivity contribution in [2.24, 2.45) is 0 Å². The number of anilines is 1. The van der Waals surface area contributed by atoms with Crippen molar-refractivity contribution in [2.75, 3.05) is 5.73 Å². The summed E-state index contributed by atoms with van der Waals surface area (Å²) in [5.41, 5.74) is 6.13. The molecule has 0 aliphatic rings. The molecule has 88 valence electrons. The molecule has 2 rings (SSSR count). The van der Waals surface area contributed by atoms with E-state index >= 15 is 0 Å². The summed E-state index contributed by atoms with van der Waals surface area (Å²) in [7, 11) is 0. The first kappa shape index (κ1) is 11.9. The zero-order valence-corrected chi connectivity index (χ0v) is 10.4. The number of hydrogen-bond donors (Lipinski definition) is 1. The van der Waals surface area contributed by atoms with Crippen molar-refractivity contribution in [2.45, 2.75) is 6.54 Å². The fourth-order valence-electron chi connectivity index (χ4n) is 1.58. The number of nitrogens with zero attached hydrogens (tertiary/aromatic N) is 1. The number of hydrogen-bond acceptors (Lipinski definition) is 2. The molecule has 0 saturated carbocycles. The van der Waals surface area contributed by atoms with Crippen LogP contribution in [0.15, 0.2) is 45.8 Å². The summed E-state index contributed by atoms with van der Waals surface area (Å²) in [4.78, 5) is 11.7. The summed E-state index contributed by atoms with van der Waals surface area (Å²) in [5, 5.41) is 0. The number of benzene rings is 1. The van der Waals surface area contributed by atoms with E-state index < -0.39 is 0 Å². The van der Waals surface area contributed by atoms with Gasteiger partial charge >= 0.3 is 0 Å². The predicted molar refractivity (Wildman–Crippen MR) is 68.3 cm³/mol. The molecule has 2 N–H and O–H groups in total. The third-order valence-corrected chi connectivity index (χ3v) is 2.78. The minimum Gasteiger partial charge on any atom is -0.394 e. The molecule has 0 atom stereocenters. The summed E-state index contributed by atoms with van der Waals surface area (Å²) in [6, 6.07) is 7.75. The Labute approximate surface area is 106 Å². The SMILES string of the molecule is Nc1cccn(Cc2cc(F)cc(Br)c2)c1=O. The van der Waals surface area contributed by atoms with Crippen molar-refractivity contribution in [3.8, 4) is 0 Å². The van der Waals surface area contributed by atoms with E-state index in [-0.39, 0.29) is 17.1 Å². The smallest absolute Gasteiger partial charge is 0.273 e. The monoisotopic (exact) mass is 296 g/mol. The van der Waals surface area contributed by atoms with Gasteiger partial charge in [-0.3, -0.25) is 4.79 Å². The van der Waals surface area contributed by atoms with Gasteiger partial charge in [-0.2, -0.15) is 0 Å². The van der Waals surface area contributed by atoms with Gasteiger partial charge in [-0.25, -0.2) is 4.39 Å². The Kier molecular flexibility index (Phi) is 3.28. The van der Waals surface area contributed by atoms with Gasteiger partial charge in [0.05, 0.1) is 12.2 Å². The van der Waals surface area contributed by atoms with Crippen LogP contribution < -0.4 is 11.3 Å². The molecule has 0 radical (unpaired) electrons. The molecule has 0 amide bonds. The Morgan fingerprint density at radius 2 is 2.12 bits per heavy atom. The van der Waals surface area contributed by atoms with Crippen molar-refractivity contribution in [3.05, 3.63) is 62.7 Å². The lowest BCUT2D eigenvalue weighted by Crippen LogP contribution is -2.22. The molecule has 0 bridgehead atoms. The molecule has 0 unspecified atom stereocenters. The van der Waals surface area contributed by atoms with E-state index in [0.717, 1.165) is 0 Å². The highest BCUT2D eigenvalue weighted by Gasteiger charge is 2.03. The average Bonchev–Trinajstić information content (AvgIpc) is 2.23. The Hall–Kier alpha value is -1.62. The number of aromatic nitrogens is 1. The first-order valence-electron chi connectivity index (χ1n) is 4.96. The Morgan fingerprint density at radius 3 is 2.82 bits per heavy atom. The topological polar surface area (TPSA) is 48.0 Å². The van der Waals surface area contributed by atoms with Crippen molar-refractivity contribution < 1.29 is 4.39 Å². The predicted octanol–water partition coefficient (Wildman–Crippen LogP) is 2.38. The number of pyridine rings is 1. The van der Waals surface area contributed by atoms with E-state index in [4.69, 9.17) is 5.73 Å². The number of rotatable bonds is 2. The highest BCUT2D eigenvalue weighted by Crippen LogP contribution is 2.15. The van der Waals surface area contributed by atoms with Gasteiger partial charge in [0.15, 0.2) is 0 Å². The Morgan fingerprint density at radius 1 is 1.35 bits per heavy atom. The molecule has 0 fully saturated rings. The Balaban J connectivity index is 2.38. The summed E-state index contributed by atoms with van der Waals surface area (Å²) in [6.45, 7) is 0.292. The van der Waals surface area contributed by atoms with E-state index in [9.17, 15) is 9.18 Å². The molecule has 1 aromatic heterocycles. The number of halogens is 2. The molecule has 5 heteroatoms. The second-order valence-electron chi connectivity index (χ2n) is 3.67. The molecule has 2 aromatic rings. The van der Waals surface area contributed by atoms with Gasteiger partial charge in [0.1, 0.15) is 5.82 Å². The lowest BCUT2D eigenvalue weighted by atomic mass is 10.2. The van der Waals surface area contributed by atoms with Crippen LogP contribution in [0, 0.1) is 5.82 Å². The number of nitrogen functional groups attached to an aromatic ring is 1. The van der Waals surface area contributed by atoms with Crippen LogP contribution in [0.25, 0.3) is 0 Å². The van der Waals surface area contributed by atoms with Gasteiger partial charge in [-0.15, -0.1) is 0 Å². The maximum Gasteiger partial charge on any atom is 0.273 e. The van der Waals surface area contributed by atoms with Crippen LogP contribution in [-0.4, -0.2) is 4.57 Å². The largest absolute Gasteiger partial charge is 0.394 e. The highest BCUT2D eigenvalue weighted by molar-refractivity contribution is 9.10. The van der Waals surface area contributed by atoms with Crippen LogP contribution >= 0.6 is 15.9 Å². The van der Waals surface area contributed by atoms with Crippen LogP contribution in [0.1, 0.15) is 5.56 Å². The van der Waals surface area contributed by atoms with E-state index in [2.05, 4.69) is 15.9 Å². The third-order valence-electron chi connectivity index (χ3n) is 2.32. The maximum atomic E-state index is 13.2. The molecular formula is C12H10BrFN2O. The van der Waals surface area contributed by atoms with Gasteiger partial charge in [-0.05, 0) is 35.9 Å². The van der Waals surface area contributed by atoms with Crippen LogP contribution in [0.3, 0.4) is 0 Å². The molecular weight excluding hydrogens is 287 g/mol. The lowest BCUT2D eigenvalue weighted by Gasteiger charge is -2.07. The third kappa shape index (κ3) is 2.74. The van der Waals surface area contributed by atoms with Crippen molar-refractivity contribution >= 4 is 21.6 Å². The van der Waals surface area contributed by atoms with Crippen LogP contribution in [0.4, 0.5) is 10.1 Å². The first-order valence-corrected chi connectivity index (χ1v) is 5.75. The zero-order valence-electron chi connectivity index (χ0n) is 8.86. The summed E-state index contributed by atoms with van der Waals surface area (Å²) >= 11 is 3.21. The van der Waals surface area contributed by atoms with Crippen molar-refractivity contribution in [1.82, 2.24) is 4.57 Å². The van der Waals surface area contributed by atoms with E-state index in [0.29, 0.717) is 16.6 Å².